The quantitative estimate of drug-likeness (QED) is 0.578. The van der Waals surface area contributed by atoms with Crippen LogP contribution in [0.25, 0.3) is 0 Å². The molecule has 3 aliphatic rings. The molecule has 1 nitrogen and oxygen atoms in total. The third-order valence-electron chi connectivity index (χ3n) is 7.01. The number of rotatable bonds is 5. The topological polar surface area (TPSA) is 17.1 Å². The van der Waals surface area contributed by atoms with Crippen LogP contribution in [0, 0.1) is 17.8 Å². The molecule has 2 saturated carbocycles. The van der Waals surface area contributed by atoms with E-state index in [0.29, 0.717) is 17.6 Å². The maximum absolute atomic E-state index is 13.7. The first-order valence-electron chi connectivity index (χ1n) is 10.4. The van der Waals surface area contributed by atoms with Crippen LogP contribution in [0.4, 0.5) is 0 Å². The molecule has 132 valence electrons. The van der Waals surface area contributed by atoms with Crippen LogP contribution >= 0.6 is 11.8 Å². The fraction of sp³-hybridized carbons (Fsp3) is 0.952. The molecule has 0 aromatic rings. The largest absolute Gasteiger partial charge is 0.298 e. The number of carbonyl (C=O) groups excluding carboxylic acids is 1. The van der Waals surface area contributed by atoms with Gasteiger partial charge in [0.05, 0.1) is 4.75 Å². The monoisotopic (exact) mass is 336 g/mol. The summed E-state index contributed by atoms with van der Waals surface area (Å²) in [4.78, 5) is 13.7. The average molecular weight is 337 g/mol. The number of ketones is 1. The van der Waals surface area contributed by atoms with Crippen molar-refractivity contribution >= 4 is 17.5 Å². The minimum Gasteiger partial charge on any atom is -0.298 e. The molecular weight excluding hydrogens is 300 g/mol. The summed E-state index contributed by atoms with van der Waals surface area (Å²) >= 11 is 2.13. The maximum Gasteiger partial charge on any atom is 0.152 e. The van der Waals surface area contributed by atoms with Crippen LogP contribution in [0.15, 0.2) is 0 Å². The highest BCUT2D eigenvalue weighted by atomic mass is 32.2. The highest BCUT2D eigenvalue weighted by Crippen LogP contribution is 2.56. The average Bonchev–Trinajstić information content (AvgIpc) is 2.61. The van der Waals surface area contributed by atoms with Gasteiger partial charge in [0.15, 0.2) is 5.78 Å². The van der Waals surface area contributed by atoms with Crippen LogP contribution in [0.1, 0.15) is 97.3 Å². The number of hydrogen-bond donors (Lipinski definition) is 0. The van der Waals surface area contributed by atoms with Crippen molar-refractivity contribution in [3.05, 3.63) is 0 Å². The van der Waals surface area contributed by atoms with E-state index in [4.69, 9.17) is 0 Å². The summed E-state index contributed by atoms with van der Waals surface area (Å²) in [6.45, 7) is 4.55. The predicted molar refractivity (Wildman–Crippen MR) is 101 cm³/mol. The zero-order valence-electron chi connectivity index (χ0n) is 15.3. The molecular formula is C21H36OS. The third-order valence-corrected chi connectivity index (χ3v) is 9.04. The summed E-state index contributed by atoms with van der Waals surface area (Å²) < 4.78 is -0.0311. The van der Waals surface area contributed by atoms with Gasteiger partial charge in [0, 0.05) is 11.2 Å². The highest BCUT2D eigenvalue weighted by molar-refractivity contribution is 8.02. The molecule has 4 unspecified atom stereocenters. The highest BCUT2D eigenvalue weighted by Gasteiger charge is 2.54. The summed E-state index contributed by atoms with van der Waals surface area (Å²) in [6, 6.07) is 0. The molecule has 0 N–H and O–H groups in total. The Morgan fingerprint density at radius 1 is 1.00 bits per heavy atom. The van der Waals surface area contributed by atoms with Crippen molar-refractivity contribution in [2.75, 3.05) is 0 Å². The molecule has 1 heterocycles. The van der Waals surface area contributed by atoms with Crippen LogP contribution in [0.5, 0.6) is 0 Å². The molecule has 0 bridgehead atoms. The second-order valence-electron chi connectivity index (χ2n) is 8.34. The van der Waals surface area contributed by atoms with Crippen molar-refractivity contribution in [2.24, 2.45) is 17.8 Å². The standard InChI is InChI=1S/C21H36OS/c1-3-5-15-21(4-2)20(22)19(16-11-7-6-8-12-16)17-13-9-10-14-18(17)23-21/h16-19H,3-15H2,1-2H3. The third kappa shape index (κ3) is 3.53. The van der Waals surface area contributed by atoms with Crippen molar-refractivity contribution in [2.45, 2.75) is 107 Å². The summed E-state index contributed by atoms with van der Waals surface area (Å²) in [7, 11) is 0. The van der Waals surface area contributed by atoms with Crippen molar-refractivity contribution < 1.29 is 4.79 Å². The number of unbranched alkanes of at least 4 members (excludes halogenated alkanes) is 1. The Kier molecular flexibility index (Phi) is 6.15. The predicted octanol–water partition coefficient (Wildman–Crippen LogP) is 6.40. The Morgan fingerprint density at radius 3 is 2.39 bits per heavy atom. The lowest BCUT2D eigenvalue weighted by Crippen LogP contribution is -2.54. The number of thioether (sulfide) groups is 1. The molecule has 1 saturated heterocycles. The van der Waals surface area contributed by atoms with E-state index in [9.17, 15) is 4.79 Å². The second-order valence-corrected chi connectivity index (χ2v) is 9.97. The minimum atomic E-state index is -0.0311. The molecule has 2 heteroatoms. The van der Waals surface area contributed by atoms with Gasteiger partial charge in [0.2, 0.25) is 0 Å². The smallest absolute Gasteiger partial charge is 0.152 e. The van der Waals surface area contributed by atoms with E-state index >= 15 is 0 Å². The van der Waals surface area contributed by atoms with E-state index in [1.54, 1.807) is 0 Å². The number of fused-ring (bicyclic) bond motifs is 1. The van der Waals surface area contributed by atoms with E-state index in [0.717, 1.165) is 24.0 Å². The van der Waals surface area contributed by atoms with Gasteiger partial charge in [-0.3, -0.25) is 4.79 Å². The first kappa shape index (κ1) is 17.8. The van der Waals surface area contributed by atoms with E-state index in [1.165, 1.54) is 70.6 Å². The van der Waals surface area contributed by atoms with E-state index < -0.39 is 0 Å². The van der Waals surface area contributed by atoms with Gasteiger partial charge in [0.1, 0.15) is 0 Å². The summed E-state index contributed by atoms with van der Waals surface area (Å²) in [5, 5.41) is 0.783. The maximum atomic E-state index is 13.7. The van der Waals surface area contributed by atoms with Crippen LogP contribution in [-0.4, -0.2) is 15.8 Å². The molecule has 0 aromatic heterocycles. The lowest BCUT2D eigenvalue weighted by Gasteiger charge is -2.51. The Bertz CT molecular complexity index is 401. The molecule has 2 aliphatic carbocycles. The zero-order chi connectivity index (χ0) is 16.3. The minimum absolute atomic E-state index is 0.0311. The number of Topliss-reactive ketones (excluding diaryl/α,β-unsaturated/α-hetero) is 1. The van der Waals surface area contributed by atoms with Gasteiger partial charge in [-0.15, -0.1) is 11.8 Å². The first-order valence-corrected chi connectivity index (χ1v) is 11.3. The molecule has 0 aromatic carbocycles. The fourth-order valence-corrected chi connectivity index (χ4v) is 7.69. The second kappa shape index (κ2) is 7.93. The summed E-state index contributed by atoms with van der Waals surface area (Å²) in [6.07, 6.45) is 16.9. The van der Waals surface area contributed by atoms with Gasteiger partial charge in [0.25, 0.3) is 0 Å². The van der Waals surface area contributed by atoms with Gasteiger partial charge < -0.3 is 0 Å². The van der Waals surface area contributed by atoms with E-state index in [-0.39, 0.29) is 4.75 Å². The van der Waals surface area contributed by atoms with Crippen LogP contribution in [0.2, 0.25) is 0 Å². The molecule has 4 atom stereocenters. The summed E-state index contributed by atoms with van der Waals surface area (Å²) in [5.74, 6) is 2.54. The molecule has 0 amide bonds. The molecule has 0 radical (unpaired) electrons. The Hall–Kier alpha value is 0.0200. The van der Waals surface area contributed by atoms with Gasteiger partial charge in [-0.05, 0) is 50.4 Å². The number of carbonyl (C=O) groups is 1. The van der Waals surface area contributed by atoms with Gasteiger partial charge >= 0.3 is 0 Å². The van der Waals surface area contributed by atoms with Crippen molar-refractivity contribution in [1.29, 1.82) is 0 Å². The Morgan fingerprint density at radius 2 is 1.70 bits per heavy atom. The van der Waals surface area contributed by atoms with Crippen LogP contribution < -0.4 is 0 Å². The van der Waals surface area contributed by atoms with E-state index in [1.807, 2.05) is 0 Å². The van der Waals surface area contributed by atoms with Crippen molar-refractivity contribution in [1.82, 2.24) is 0 Å². The van der Waals surface area contributed by atoms with E-state index in [2.05, 4.69) is 25.6 Å². The first-order chi connectivity index (χ1) is 11.2. The SMILES string of the molecule is CCCCC1(CC)SC2CCCCC2C(C2CCCCC2)C1=O. The summed E-state index contributed by atoms with van der Waals surface area (Å²) in [5.41, 5.74) is 0. The fourth-order valence-electron chi connectivity index (χ4n) is 5.66. The van der Waals surface area contributed by atoms with Gasteiger partial charge in [-0.2, -0.15) is 0 Å². The molecule has 23 heavy (non-hydrogen) atoms. The molecule has 3 fully saturated rings. The van der Waals surface area contributed by atoms with Crippen LogP contribution in [-0.2, 0) is 4.79 Å². The van der Waals surface area contributed by atoms with Crippen molar-refractivity contribution in [3.63, 3.8) is 0 Å². The molecule has 1 aliphatic heterocycles. The zero-order valence-corrected chi connectivity index (χ0v) is 16.1. The number of hydrogen-bond acceptors (Lipinski definition) is 2. The van der Waals surface area contributed by atoms with Gasteiger partial charge in [-0.25, -0.2) is 0 Å². The Labute approximate surface area is 147 Å². The van der Waals surface area contributed by atoms with Crippen LogP contribution in [0.3, 0.4) is 0 Å². The molecule has 3 rings (SSSR count). The van der Waals surface area contributed by atoms with Gasteiger partial charge in [-0.1, -0.05) is 58.8 Å². The lowest BCUT2D eigenvalue weighted by molar-refractivity contribution is -0.131. The van der Waals surface area contributed by atoms with Crippen molar-refractivity contribution in [3.8, 4) is 0 Å². The molecule has 0 spiro atoms. The lowest BCUT2D eigenvalue weighted by atomic mass is 9.64. The normalized spacial score (nSPS) is 39.2. The Balaban J connectivity index is 1.87.